The highest BCUT2D eigenvalue weighted by molar-refractivity contribution is 5.94. The third-order valence-corrected chi connectivity index (χ3v) is 6.72. The predicted molar refractivity (Wildman–Crippen MR) is 140 cm³/mol. The molecular formula is C29H30F3N3O4. The molecule has 7 nitrogen and oxygen atoms in total. The molecule has 1 unspecified atom stereocenters. The number of hydrogen-bond donors (Lipinski definition) is 2. The summed E-state index contributed by atoms with van der Waals surface area (Å²) in [5.74, 6) is 0.139. The summed E-state index contributed by atoms with van der Waals surface area (Å²) >= 11 is 0. The number of nitrogens with zero attached hydrogens (tertiary/aromatic N) is 1. The van der Waals surface area contributed by atoms with Gasteiger partial charge in [0, 0.05) is 26.0 Å². The fourth-order valence-corrected chi connectivity index (χ4v) is 4.51. The quantitative estimate of drug-likeness (QED) is 0.341. The summed E-state index contributed by atoms with van der Waals surface area (Å²) in [5.41, 5.74) is 2.23. The van der Waals surface area contributed by atoms with Crippen LogP contribution in [0.4, 0.5) is 19.0 Å². The van der Waals surface area contributed by atoms with E-state index in [1.807, 2.05) is 24.3 Å². The molecule has 206 valence electrons. The van der Waals surface area contributed by atoms with Crippen LogP contribution >= 0.6 is 0 Å². The summed E-state index contributed by atoms with van der Waals surface area (Å²) in [6.45, 7) is 1.48. The van der Waals surface area contributed by atoms with Gasteiger partial charge >= 0.3 is 12.1 Å². The van der Waals surface area contributed by atoms with Crippen LogP contribution in [-0.4, -0.2) is 43.7 Å². The lowest BCUT2D eigenvalue weighted by Crippen LogP contribution is -2.28. The zero-order valence-electron chi connectivity index (χ0n) is 21.5. The lowest BCUT2D eigenvalue weighted by Gasteiger charge is -2.32. The largest absolute Gasteiger partial charge is 0.469 e. The van der Waals surface area contributed by atoms with Crippen LogP contribution in [0.5, 0.6) is 0 Å². The molecule has 10 heteroatoms. The van der Waals surface area contributed by atoms with Crippen molar-refractivity contribution in [1.29, 1.82) is 0 Å². The first-order chi connectivity index (χ1) is 18.7. The molecular weight excluding hydrogens is 511 g/mol. The van der Waals surface area contributed by atoms with Crippen LogP contribution in [0.3, 0.4) is 0 Å². The molecule has 3 aromatic rings. The number of esters is 1. The van der Waals surface area contributed by atoms with Crippen LogP contribution in [-0.2, 0) is 20.4 Å². The lowest BCUT2D eigenvalue weighted by atomic mass is 9.86. The topological polar surface area (TPSA) is 89.5 Å². The summed E-state index contributed by atoms with van der Waals surface area (Å²) in [4.78, 5) is 28.0. The van der Waals surface area contributed by atoms with E-state index in [1.165, 1.54) is 25.4 Å². The number of ether oxygens (including phenoxy) is 2. The minimum Gasteiger partial charge on any atom is -0.469 e. The molecule has 2 aromatic carbocycles. The smallest absolute Gasteiger partial charge is 0.416 e. The first-order valence-electron chi connectivity index (χ1n) is 12.7. The normalized spacial score (nSPS) is 14.9. The number of alkyl halides is 3. The number of carbonyl (C=O) groups is 2. The van der Waals surface area contributed by atoms with E-state index in [9.17, 15) is 22.8 Å². The molecule has 0 spiro atoms. The second-order valence-corrected chi connectivity index (χ2v) is 9.28. The van der Waals surface area contributed by atoms with Crippen LogP contribution in [0.2, 0.25) is 0 Å². The van der Waals surface area contributed by atoms with Gasteiger partial charge < -0.3 is 20.1 Å². The molecule has 4 rings (SSSR count). The standard InChI is InChI=1S/C29H30F3N3O4/c1-38-26(36)12-15-33-28(37)23-8-11-25(34-18-23)35-27(22-13-16-39-17-14-22)21-4-2-19(3-5-21)20-6-9-24(10-7-20)29(30,31)32/h2-11,18,22,27H,12-17H2,1H3,(H,33,37)(H,34,35). The molecule has 1 aliphatic heterocycles. The number of rotatable bonds is 9. The second kappa shape index (κ2) is 12.8. The molecule has 0 saturated carbocycles. The van der Waals surface area contributed by atoms with Gasteiger partial charge in [0.2, 0.25) is 0 Å². The predicted octanol–water partition coefficient (Wildman–Crippen LogP) is 5.64. The molecule has 0 radical (unpaired) electrons. The number of hydrogen-bond acceptors (Lipinski definition) is 6. The summed E-state index contributed by atoms with van der Waals surface area (Å²) in [6.07, 6.45) is -1.09. The Kier molecular flexibility index (Phi) is 9.19. The van der Waals surface area contributed by atoms with Crippen molar-refractivity contribution in [2.24, 2.45) is 5.92 Å². The minimum atomic E-state index is -4.37. The number of methoxy groups -OCH3 is 1. The maximum Gasteiger partial charge on any atom is 0.416 e. The highest BCUT2D eigenvalue weighted by Gasteiger charge is 2.30. The maximum atomic E-state index is 12.9. The molecule has 2 heterocycles. The van der Waals surface area contributed by atoms with Crippen molar-refractivity contribution in [3.8, 4) is 11.1 Å². The van der Waals surface area contributed by atoms with E-state index in [2.05, 4.69) is 20.4 Å². The molecule has 39 heavy (non-hydrogen) atoms. The number of nitrogens with one attached hydrogen (secondary N) is 2. The fourth-order valence-electron chi connectivity index (χ4n) is 4.51. The number of carbonyl (C=O) groups excluding carboxylic acids is 2. The van der Waals surface area contributed by atoms with Gasteiger partial charge in [-0.3, -0.25) is 9.59 Å². The fraction of sp³-hybridized carbons (Fsp3) is 0.345. The van der Waals surface area contributed by atoms with Gasteiger partial charge in [0.1, 0.15) is 5.82 Å². The number of halogens is 3. The third-order valence-electron chi connectivity index (χ3n) is 6.72. The molecule has 1 aromatic heterocycles. The van der Waals surface area contributed by atoms with Crippen LogP contribution in [0.15, 0.2) is 66.9 Å². The van der Waals surface area contributed by atoms with Gasteiger partial charge in [0.05, 0.1) is 30.7 Å². The van der Waals surface area contributed by atoms with Crippen molar-refractivity contribution in [1.82, 2.24) is 10.3 Å². The van der Waals surface area contributed by atoms with Gasteiger partial charge in [-0.15, -0.1) is 0 Å². The summed E-state index contributed by atoms with van der Waals surface area (Å²) in [7, 11) is 1.29. The molecule has 1 saturated heterocycles. The monoisotopic (exact) mass is 541 g/mol. The first kappa shape index (κ1) is 28.1. The Balaban J connectivity index is 1.47. The van der Waals surface area contributed by atoms with E-state index < -0.39 is 17.7 Å². The van der Waals surface area contributed by atoms with Gasteiger partial charge in [-0.05, 0) is 59.7 Å². The second-order valence-electron chi connectivity index (χ2n) is 9.28. The first-order valence-corrected chi connectivity index (χ1v) is 12.7. The summed E-state index contributed by atoms with van der Waals surface area (Å²) in [6, 6.07) is 16.2. The van der Waals surface area contributed by atoms with E-state index >= 15 is 0 Å². The van der Waals surface area contributed by atoms with Crippen LogP contribution in [0.25, 0.3) is 11.1 Å². The molecule has 1 fully saturated rings. The van der Waals surface area contributed by atoms with Gasteiger partial charge in [0.25, 0.3) is 5.91 Å². The molecule has 0 bridgehead atoms. The number of aromatic nitrogens is 1. The number of benzene rings is 2. The zero-order valence-corrected chi connectivity index (χ0v) is 21.5. The lowest BCUT2D eigenvalue weighted by molar-refractivity contribution is -0.140. The summed E-state index contributed by atoms with van der Waals surface area (Å²) in [5, 5.41) is 6.16. The van der Waals surface area contributed by atoms with E-state index in [-0.39, 0.29) is 30.8 Å². The number of amides is 1. The Morgan fingerprint density at radius 3 is 2.21 bits per heavy atom. The van der Waals surface area contributed by atoms with Gasteiger partial charge in [-0.25, -0.2) is 4.98 Å². The van der Waals surface area contributed by atoms with Gasteiger partial charge in [-0.2, -0.15) is 13.2 Å². The highest BCUT2D eigenvalue weighted by atomic mass is 19.4. The Labute approximate surface area is 224 Å². The van der Waals surface area contributed by atoms with Crippen molar-refractivity contribution < 1.29 is 32.2 Å². The molecule has 1 amide bonds. The summed E-state index contributed by atoms with van der Waals surface area (Å²) < 4.78 is 48.9. The van der Waals surface area contributed by atoms with E-state index in [0.717, 1.165) is 36.1 Å². The van der Waals surface area contributed by atoms with Crippen molar-refractivity contribution in [2.45, 2.75) is 31.5 Å². The molecule has 1 aliphatic rings. The number of pyridine rings is 1. The highest BCUT2D eigenvalue weighted by Crippen LogP contribution is 2.35. The third kappa shape index (κ3) is 7.57. The average molecular weight is 542 g/mol. The van der Waals surface area contributed by atoms with Gasteiger partial charge in [-0.1, -0.05) is 36.4 Å². The van der Waals surface area contributed by atoms with Crippen LogP contribution in [0, 0.1) is 5.92 Å². The number of anilines is 1. The zero-order chi connectivity index (χ0) is 27.8. The van der Waals surface area contributed by atoms with Crippen molar-refractivity contribution in [3.05, 3.63) is 83.6 Å². The average Bonchev–Trinajstić information content (AvgIpc) is 2.96. The van der Waals surface area contributed by atoms with Crippen LogP contribution < -0.4 is 10.6 Å². The van der Waals surface area contributed by atoms with Gasteiger partial charge in [0.15, 0.2) is 0 Å². The van der Waals surface area contributed by atoms with Crippen molar-refractivity contribution >= 4 is 17.7 Å². The van der Waals surface area contributed by atoms with E-state index in [4.69, 9.17) is 4.74 Å². The Hall–Kier alpha value is -3.92. The van der Waals surface area contributed by atoms with E-state index in [0.29, 0.717) is 30.2 Å². The Morgan fingerprint density at radius 1 is 1.00 bits per heavy atom. The van der Waals surface area contributed by atoms with Crippen LogP contribution in [0.1, 0.15) is 46.8 Å². The Bertz CT molecular complexity index is 1240. The molecule has 0 aliphatic carbocycles. The Morgan fingerprint density at radius 2 is 1.64 bits per heavy atom. The molecule has 1 atom stereocenters. The SMILES string of the molecule is COC(=O)CCNC(=O)c1ccc(NC(c2ccc(-c3ccc(C(F)(F)F)cc3)cc2)C2CCOCC2)nc1. The maximum absolute atomic E-state index is 12.9. The minimum absolute atomic E-state index is 0.0808. The van der Waals surface area contributed by atoms with Crippen molar-refractivity contribution in [2.75, 3.05) is 32.2 Å². The van der Waals surface area contributed by atoms with Crippen molar-refractivity contribution in [3.63, 3.8) is 0 Å². The van der Waals surface area contributed by atoms with E-state index in [1.54, 1.807) is 12.1 Å². The molecule has 2 N–H and O–H groups in total.